The van der Waals surface area contributed by atoms with Crippen molar-refractivity contribution in [1.29, 1.82) is 0 Å². The number of hydrogen-bond acceptors (Lipinski definition) is 2. The van der Waals surface area contributed by atoms with E-state index in [-0.39, 0.29) is 17.8 Å². The van der Waals surface area contributed by atoms with E-state index in [0.29, 0.717) is 6.07 Å². The minimum absolute atomic E-state index is 0.00341. The molecule has 0 saturated carbocycles. The lowest BCUT2D eigenvalue weighted by molar-refractivity contribution is -0.137. The summed E-state index contributed by atoms with van der Waals surface area (Å²) in [5.74, 6) is -1.85. The number of nitrogens with one attached hydrogen (secondary N) is 2. The van der Waals surface area contributed by atoms with Gasteiger partial charge in [0.25, 0.3) is 0 Å². The standard InChI is InChI=1S/C15H11F5N2O2/c16-9-2-4-13(11(5-9)15(18,19)20)22-10-3-1-8(12(17)6-10)7-21-14(23)24/h1-6,21-22H,7H2,(H,23,24). The van der Waals surface area contributed by atoms with Gasteiger partial charge in [-0.05, 0) is 30.3 Å². The molecule has 0 saturated heterocycles. The zero-order valence-corrected chi connectivity index (χ0v) is 11.9. The Labute approximate surface area is 132 Å². The Kier molecular flexibility index (Phi) is 4.91. The molecule has 2 rings (SSSR count). The summed E-state index contributed by atoms with van der Waals surface area (Å²) in [5, 5.41) is 12.8. The number of benzene rings is 2. The molecule has 0 aliphatic carbocycles. The van der Waals surface area contributed by atoms with Gasteiger partial charge in [-0.15, -0.1) is 0 Å². The molecule has 128 valence electrons. The van der Waals surface area contributed by atoms with Crippen molar-refractivity contribution in [3.05, 3.63) is 59.2 Å². The summed E-state index contributed by atoms with van der Waals surface area (Å²) in [5.41, 5.74) is -1.62. The number of amides is 1. The van der Waals surface area contributed by atoms with Crippen LogP contribution in [0.25, 0.3) is 0 Å². The molecule has 0 fully saturated rings. The van der Waals surface area contributed by atoms with E-state index in [1.54, 1.807) is 0 Å². The van der Waals surface area contributed by atoms with Crippen molar-refractivity contribution in [1.82, 2.24) is 5.32 Å². The van der Waals surface area contributed by atoms with Crippen LogP contribution in [0.2, 0.25) is 0 Å². The van der Waals surface area contributed by atoms with Gasteiger partial charge in [-0.3, -0.25) is 0 Å². The molecule has 2 aromatic rings. The number of carbonyl (C=O) groups is 1. The summed E-state index contributed by atoms with van der Waals surface area (Å²) in [6.45, 7) is -0.286. The van der Waals surface area contributed by atoms with Crippen LogP contribution in [-0.4, -0.2) is 11.2 Å². The lowest BCUT2D eigenvalue weighted by Gasteiger charge is -2.15. The lowest BCUT2D eigenvalue weighted by atomic mass is 10.1. The number of alkyl halides is 3. The van der Waals surface area contributed by atoms with Crippen molar-refractivity contribution < 1.29 is 31.9 Å². The maximum Gasteiger partial charge on any atom is 0.418 e. The smallest absolute Gasteiger partial charge is 0.418 e. The Morgan fingerprint density at radius 1 is 1.08 bits per heavy atom. The molecule has 24 heavy (non-hydrogen) atoms. The molecule has 0 heterocycles. The number of rotatable bonds is 4. The molecule has 0 unspecified atom stereocenters. The van der Waals surface area contributed by atoms with Gasteiger partial charge in [-0.2, -0.15) is 13.2 Å². The van der Waals surface area contributed by atoms with Gasteiger partial charge in [-0.1, -0.05) is 6.07 Å². The van der Waals surface area contributed by atoms with E-state index in [9.17, 15) is 26.7 Å². The van der Waals surface area contributed by atoms with Crippen molar-refractivity contribution in [2.24, 2.45) is 0 Å². The average molecular weight is 346 g/mol. The van der Waals surface area contributed by atoms with Gasteiger partial charge in [0.2, 0.25) is 0 Å². The summed E-state index contributed by atoms with van der Waals surface area (Å²) in [4.78, 5) is 10.4. The van der Waals surface area contributed by atoms with Crippen LogP contribution in [0.15, 0.2) is 36.4 Å². The Hall–Kier alpha value is -2.84. The third-order valence-electron chi connectivity index (χ3n) is 3.05. The minimum Gasteiger partial charge on any atom is -0.465 e. The predicted molar refractivity (Wildman–Crippen MR) is 75.9 cm³/mol. The predicted octanol–water partition coefficient (Wildman–Crippen LogP) is 4.49. The molecule has 0 atom stereocenters. The van der Waals surface area contributed by atoms with Crippen LogP contribution in [0.4, 0.5) is 38.1 Å². The van der Waals surface area contributed by atoms with Crippen LogP contribution >= 0.6 is 0 Å². The number of carboxylic acid groups (broad SMARTS) is 1. The first-order valence-electron chi connectivity index (χ1n) is 6.56. The maximum atomic E-state index is 13.8. The molecule has 4 nitrogen and oxygen atoms in total. The second-order valence-electron chi connectivity index (χ2n) is 4.78. The van der Waals surface area contributed by atoms with Crippen LogP contribution < -0.4 is 10.6 Å². The highest BCUT2D eigenvalue weighted by atomic mass is 19.4. The van der Waals surface area contributed by atoms with E-state index >= 15 is 0 Å². The first-order chi connectivity index (χ1) is 11.2. The molecular formula is C15H11F5N2O2. The van der Waals surface area contributed by atoms with Crippen molar-refractivity contribution >= 4 is 17.5 Å². The van der Waals surface area contributed by atoms with E-state index < -0.39 is 35.2 Å². The molecule has 0 spiro atoms. The third kappa shape index (κ3) is 4.34. The van der Waals surface area contributed by atoms with Gasteiger partial charge in [0, 0.05) is 17.8 Å². The second-order valence-corrected chi connectivity index (χ2v) is 4.78. The molecule has 0 aromatic heterocycles. The highest BCUT2D eigenvalue weighted by molar-refractivity contribution is 5.65. The topological polar surface area (TPSA) is 61.4 Å². The molecule has 0 aliphatic rings. The van der Waals surface area contributed by atoms with E-state index in [1.807, 2.05) is 5.32 Å². The molecule has 0 bridgehead atoms. The van der Waals surface area contributed by atoms with E-state index in [1.165, 1.54) is 12.1 Å². The van der Waals surface area contributed by atoms with Gasteiger partial charge >= 0.3 is 12.3 Å². The Bertz CT molecular complexity index is 762. The highest BCUT2D eigenvalue weighted by Gasteiger charge is 2.34. The van der Waals surface area contributed by atoms with Gasteiger partial charge in [0.15, 0.2) is 0 Å². The Balaban J connectivity index is 2.26. The molecule has 0 aliphatic heterocycles. The fourth-order valence-corrected chi connectivity index (χ4v) is 1.95. The normalized spacial score (nSPS) is 11.2. The molecule has 3 N–H and O–H groups in total. The van der Waals surface area contributed by atoms with E-state index in [0.717, 1.165) is 18.2 Å². The molecule has 9 heteroatoms. The largest absolute Gasteiger partial charge is 0.465 e. The highest BCUT2D eigenvalue weighted by Crippen LogP contribution is 2.36. The zero-order valence-electron chi connectivity index (χ0n) is 11.9. The molecule has 2 aromatic carbocycles. The lowest BCUT2D eigenvalue weighted by Crippen LogP contribution is -2.20. The monoisotopic (exact) mass is 346 g/mol. The van der Waals surface area contributed by atoms with Gasteiger partial charge in [-0.25, -0.2) is 13.6 Å². The first kappa shape index (κ1) is 17.5. The van der Waals surface area contributed by atoms with Crippen molar-refractivity contribution in [3.8, 4) is 0 Å². The minimum atomic E-state index is -4.78. The zero-order chi connectivity index (χ0) is 17.9. The molecule has 1 amide bonds. The summed E-state index contributed by atoms with van der Waals surface area (Å²) in [6, 6.07) is 5.51. The Morgan fingerprint density at radius 2 is 1.79 bits per heavy atom. The van der Waals surface area contributed by atoms with Crippen LogP contribution in [0.5, 0.6) is 0 Å². The van der Waals surface area contributed by atoms with Crippen LogP contribution in [-0.2, 0) is 12.7 Å². The quantitative estimate of drug-likeness (QED) is 0.715. The Morgan fingerprint density at radius 3 is 2.38 bits per heavy atom. The molecule has 0 radical (unpaired) electrons. The van der Waals surface area contributed by atoms with Crippen molar-refractivity contribution in [3.63, 3.8) is 0 Å². The van der Waals surface area contributed by atoms with Crippen LogP contribution in [0.3, 0.4) is 0 Å². The van der Waals surface area contributed by atoms with E-state index in [4.69, 9.17) is 5.11 Å². The maximum absolute atomic E-state index is 13.8. The summed E-state index contributed by atoms with van der Waals surface area (Å²) in [6.07, 6.45) is -6.12. The van der Waals surface area contributed by atoms with Crippen molar-refractivity contribution in [2.75, 3.05) is 5.32 Å². The third-order valence-corrected chi connectivity index (χ3v) is 3.05. The number of halogens is 5. The summed E-state index contributed by atoms with van der Waals surface area (Å²) in [7, 11) is 0. The molecular weight excluding hydrogens is 335 g/mol. The van der Waals surface area contributed by atoms with Crippen LogP contribution in [0.1, 0.15) is 11.1 Å². The van der Waals surface area contributed by atoms with Gasteiger partial charge in [0.1, 0.15) is 11.6 Å². The summed E-state index contributed by atoms with van der Waals surface area (Å²) < 4.78 is 65.6. The van der Waals surface area contributed by atoms with Gasteiger partial charge < -0.3 is 15.7 Å². The van der Waals surface area contributed by atoms with Crippen LogP contribution in [0, 0.1) is 11.6 Å². The second kappa shape index (κ2) is 6.73. The SMILES string of the molecule is O=C(O)NCc1ccc(Nc2ccc(F)cc2C(F)(F)F)cc1F. The van der Waals surface area contributed by atoms with Crippen molar-refractivity contribution in [2.45, 2.75) is 12.7 Å². The fourth-order valence-electron chi connectivity index (χ4n) is 1.95. The van der Waals surface area contributed by atoms with E-state index in [2.05, 4.69) is 5.32 Å². The van der Waals surface area contributed by atoms with Gasteiger partial charge in [0.05, 0.1) is 11.3 Å². The number of hydrogen-bond donors (Lipinski definition) is 3. The average Bonchev–Trinajstić information content (AvgIpc) is 2.47. The first-order valence-corrected chi connectivity index (χ1v) is 6.56. The fraction of sp³-hybridized carbons (Fsp3) is 0.133. The summed E-state index contributed by atoms with van der Waals surface area (Å²) >= 11 is 0. The number of anilines is 2.